The second-order valence-electron chi connectivity index (χ2n) is 11.9. The third-order valence-corrected chi connectivity index (χ3v) is 11.6. The van der Waals surface area contributed by atoms with Gasteiger partial charge in [-0.1, -0.05) is 60.2 Å². The van der Waals surface area contributed by atoms with Crippen molar-refractivity contribution in [2.45, 2.75) is 31.8 Å². The van der Waals surface area contributed by atoms with Crippen molar-refractivity contribution in [2.24, 2.45) is 29.6 Å². The van der Waals surface area contributed by atoms with Crippen LogP contribution in [-0.2, 0) is 32.3 Å². The van der Waals surface area contributed by atoms with Gasteiger partial charge >= 0.3 is 0 Å². The highest BCUT2D eigenvalue weighted by Crippen LogP contribution is 2.59. The van der Waals surface area contributed by atoms with Gasteiger partial charge in [-0.15, -0.1) is 22.7 Å². The fourth-order valence-electron chi connectivity index (χ4n) is 8.02. The van der Waals surface area contributed by atoms with E-state index in [1.807, 2.05) is 77.5 Å². The summed E-state index contributed by atoms with van der Waals surface area (Å²) < 4.78 is 0. The van der Waals surface area contributed by atoms with Crippen molar-refractivity contribution in [1.29, 1.82) is 0 Å². The van der Waals surface area contributed by atoms with Crippen LogP contribution in [0.5, 0.6) is 5.75 Å². The zero-order chi connectivity index (χ0) is 29.4. The molecular formula is C34H28N2O5S2. The Bertz CT molecular complexity index is 1830. The van der Waals surface area contributed by atoms with Crippen molar-refractivity contribution in [1.82, 2.24) is 9.80 Å². The number of allylic oxidation sites excluding steroid dienone is 2. The fraction of sp³-hybridized carbons (Fsp3) is 0.294. The summed E-state index contributed by atoms with van der Waals surface area (Å²) in [6.07, 6.45) is 2.76. The Morgan fingerprint density at radius 3 is 2.02 bits per heavy atom. The first-order valence-electron chi connectivity index (χ1n) is 14.6. The highest BCUT2D eigenvalue weighted by Gasteiger charge is 2.62. The van der Waals surface area contributed by atoms with E-state index in [4.69, 9.17) is 0 Å². The molecule has 4 aromatic rings. The molecule has 1 saturated carbocycles. The van der Waals surface area contributed by atoms with Crippen LogP contribution in [0.25, 0.3) is 10.8 Å². The number of imide groups is 2. The molecule has 2 aromatic carbocycles. The van der Waals surface area contributed by atoms with Crippen LogP contribution < -0.4 is 0 Å². The number of benzene rings is 2. The maximum atomic E-state index is 14.2. The zero-order valence-electron chi connectivity index (χ0n) is 23.1. The lowest BCUT2D eigenvalue weighted by molar-refractivity contribution is -0.142. The first kappa shape index (κ1) is 26.5. The summed E-state index contributed by atoms with van der Waals surface area (Å²) >= 11 is 3.01. The van der Waals surface area contributed by atoms with Crippen molar-refractivity contribution in [3.63, 3.8) is 0 Å². The molecule has 2 aliphatic heterocycles. The standard InChI is InChI=1S/C34H28N2O5S2/c37-30-21-8-2-1-5-18(21)9-10-23(30)27-22-11-12-24-28(33(40)35(31(24)38)16-19-6-3-13-42-19)25(22)15-26-29(27)34(41)36(32(26)39)17-20-7-4-14-43-20/h1-11,13-14,24-29,37H,12,15-17H2/t24-,25+,26+,27+,28-,29+/m0/s1. The third kappa shape index (κ3) is 3.98. The van der Waals surface area contributed by atoms with Crippen molar-refractivity contribution in [3.05, 3.63) is 98.4 Å². The van der Waals surface area contributed by atoms with E-state index in [1.54, 1.807) is 0 Å². The molecule has 3 fully saturated rings. The quantitative estimate of drug-likeness (QED) is 0.232. The van der Waals surface area contributed by atoms with Gasteiger partial charge in [-0.2, -0.15) is 0 Å². The largest absolute Gasteiger partial charge is 0.507 e. The summed E-state index contributed by atoms with van der Waals surface area (Å²) in [5, 5.41) is 17.0. The lowest BCUT2D eigenvalue weighted by Gasteiger charge is -2.44. The Kier molecular flexibility index (Phi) is 6.17. The SMILES string of the molecule is O=C1[C@H]2[C@H](CC=C3[C@H]2C[C@H]2C(=O)N(Cc4cccs4)C(=O)[C@H]2[C@H]3c2ccc3ccccc3c2O)C(=O)N1Cc1cccs1. The van der Waals surface area contributed by atoms with Crippen LogP contribution in [0.15, 0.2) is 83.1 Å². The molecular weight excluding hydrogens is 581 g/mol. The molecule has 0 radical (unpaired) electrons. The third-order valence-electron chi connectivity index (χ3n) is 9.89. The molecule has 4 aliphatic rings. The molecule has 43 heavy (non-hydrogen) atoms. The number of nitrogens with zero attached hydrogens (tertiary/aromatic N) is 2. The summed E-state index contributed by atoms with van der Waals surface area (Å²) in [5.74, 6) is -4.11. The minimum Gasteiger partial charge on any atom is -0.507 e. The van der Waals surface area contributed by atoms with Gasteiger partial charge in [-0.3, -0.25) is 29.0 Å². The van der Waals surface area contributed by atoms with Gasteiger partial charge in [0, 0.05) is 26.6 Å². The molecule has 216 valence electrons. The molecule has 2 aromatic heterocycles. The van der Waals surface area contributed by atoms with Gasteiger partial charge in [0.05, 0.1) is 36.8 Å². The maximum Gasteiger partial charge on any atom is 0.234 e. The van der Waals surface area contributed by atoms with Gasteiger partial charge < -0.3 is 5.11 Å². The second kappa shape index (κ2) is 9.99. The van der Waals surface area contributed by atoms with Gasteiger partial charge in [-0.05, 0) is 47.0 Å². The molecule has 0 bridgehead atoms. The Hall–Kier alpha value is -4.08. The summed E-state index contributed by atoms with van der Waals surface area (Å²) in [6.45, 7) is 0.456. The molecule has 1 N–H and O–H groups in total. The Balaban J connectivity index is 1.24. The minimum absolute atomic E-state index is 0.0932. The number of phenols is 1. The first-order valence-corrected chi connectivity index (χ1v) is 16.3. The van der Waals surface area contributed by atoms with Crippen LogP contribution in [-0.4, -0.2) is 38.5 Å². The molecule has 4 heterocycles. The Morgan fingerprint density at radius 2 is 1.35 bits per heavy atom. The van der Waals surface area contributed by atoms with Gasteiger partial charge in [0.1, 0.15) is 5.75 Å². The first-order chi connectivity index (χ1) is 20.9. The predicted octanol–water partition coefficient (Wildman–Crippen LogP) is 5.70. The van der Waals surface area contributed by atoms with E-state index < -0.39 is 29.6 Å². The number of phenolic OH excluding ortho intramolecular Hbond substituents is 1. The van der Waals surface area contributed by atoms with E-state index >= 15 is 0 Å². The highest BCUT2D eigenvalue weighted by molar-refractivity contribution is 7.10. The van der Waals surface area contributed by atoms with Gasteiger partial charge in [0.2, 0.25) is 23.6 Å². The van der Waals surface area contributed by atoms with Crippen molar-refractivity contribution >= 4 is 57.1 Å². The van der Waals surface area contributed by atoms with E-state index in [0.29, 0.717) is 23.8 Å². The molecule has 8 rings (SSSR count). The number of thiophene rings is 2. The molecule has 2 saturated heterocycles. The monoisotopic (exact) mass is 608 g/mol. The lowest BCUT2D eigenvalue weighted by atomic mass is 9.57. The summed E-state index contributed by atoms with van der Waals surface area (Å²) in [7, 11) is 0. The molecule has 4 amide bonds. The Labute approximate surface area is 256 Å². The average molecular weight is 609 g/mol. The summed E-state index contributed by atoms with van der Waals surface area (Å²) in [5.41, 5.74) is 1.49. The van der Waals surface area contributed by atoms with Crippen molar-refractivity contribution in [2.75, 3.05) is 0 Å². The normalized spacial score (nSPS) is 28.3. The van der Waals surface area contributed by atoms with Crippen LogP contribution in [0.4, 0.5) is 0 Å². The van der Waals surface area contributed by atoms with Crippen LogP contribution in [0.2, 0.25) is 0 Å². The van der Waals surface area contributed by atoms with E-state index in [0.717, 1.165) is 20.7 Å². The maximum absolute atomic E-state index is 14.2. The van der Waals surface area contributed by atoms with Crippen LogP contribution >= 0.6 is 22.7 Å². The number of hydrogen-bond donors (Lipinski definition) is 1. The van der Waals surface area contributed by atoms with Crippen molar-refractivity contribution < 1.29 is 24.3 Å². The highest BCUT2D eigenvalue weighted by atomic mass is 32.1. The molecule has 6 atom stereocenters. The summed E-state index contributed by atoms with van der Waals surface area (Å²) in [6, 6.07) is 19.0. The van der Waals surface area contributed by atoms with Crippen LogP contribution in [0.1, 0.15) is 34.1 Å². The topological polar surface area (TPSA) is 95.0 Å². The van der Waals surface area contributed by atoms with Gasteiger partial charge in [0.15, 0.2) is 0 Å². The Morgan fingerprint density at radius 1 is 0.698 bits per heavy atom. The van der Waals surface area contributed by atoms with E-state index in [2.05, 4.69) is 0 Å². The number of rotatable bonds is 5. The number of aromatic hydroxyl groups is 1. The minimum atomic E-state index is -0.687. The zero-order valence-corrected chi connectivity index (χ0v) is 24.7. The molecule has 2 aliphatic carbocycles. The van der Waals surface area contributed by atoms with E-state index in [-0.39, 0.29) is 48.4 Å². The van der Waals surface area contributed by atoms with E-state index in [9.17, 15) is 24.3 Å². The van der Waals surface area contributed by atoms with Gasteiger partial charge in [-0.25, -0.2) is 0 Å². The number of likely N-dealkylation sites (tertiary alicyclic amines) is 2. The number of fused-ring (bicyclic) bond motifs is 5. The lowest BCUT2D eigenvalue weighted by Crippen LogP contribution is -2.43. The molecule has 7 nitrogen and oxygen atoms in total. The average Bonchev–Trinajstić information content (AvgIpc) is 3.82. The van der Waals surface area contributed by atoms with Crippen LogP contribution in [0, 0.1) is 29.6 Å². The molecule has 0 spiro atoms. The smallest absolute Gasteiger partial charge is 0.234 e. The second-order valence-corrected chi connectivity index (χ2v) is 14.0. The number of carbonyl (C=O) groups is 4. The molecule has 9 heteroatoms. The predicted molar refractivity (Wildman–Crippen MR) is 163 cm³/mol. The molecule has 0 unspecified atom stereocenters. The summed E-state index contributed by atoms with van der Waals surface area (Å²) in [4.78, 5) is 60.4. The number of amides is 4. The van der Waals surface area contributed by atoms with Crippen LogP contribution in [0.3, 0.4) is 0 Å². The van der Waals surface area contributed by atoms with Crippen molar-refractivity contribution in [3.8, 4) is 5.75 Å². The number of carbonyl (C=O) groups excluding carboxylic acids is 4. The van der Waals surface area contributed by atoms with E-state index in [1.165, 1.54) is 32.5 Å². The van der Waals surface area contributed by atoms with Gasteiger partial charge in [0.25, 0.3) is 0 Å². The number of hydrogen-bond acceptors (Lipinski definition) is 7. The fourth-order valence-corrected chi connectivity index (χ4v) is 9.40.